The molecule has 0 heterocycles. The first kappa shape index (κ1) is 13.6. The number of carbonyl (C=O) groups excluding carboxylic acids is 1. The number of aliphatic hydroxyl groups is 2. The lowest BCUT2D eigenvalue weighted by Crippen LogP contribution is -2.41. The van der Waals surface area contributed by atoms with Gasteiger partial charge in [-0.05, 0) is 55.3 Å². The highest BCUT2D eigenvalue weighted by molar-refractivity contribution is 5.53. The Morgan fingerprint density at radius 3 is 2.89 bits per heavy atom. The van der Waals surface area contributed by atoms with Gasteiger partial charge in [-0.1, -0.05) is 20.3 Å². The van der Waals surface area contributed by atoms with Crippen molar-refractivity contribution in [2.75, 3.05) is 6.61 Å². The molecule has 2 fully saturated rings. The van der Waals surface area contributed by atoms with Gasteiger partial charge in [-0.3, -0.25) is 0 Å². The molecule has 19 heavy (non-hydrogen) atoms. The molecule has 1 unspecified atom stereocenters. The van der Waals surface area contributed by atoms with Crippen molar-refractivity contribution in [2.24, 2.45) is 29.1 Å². The van der Waals surface area contributed by atoms with Crippen molar-refractivity contribution in [3.63, 3.8) is 0 Å². The van der Waals surface area contributed by atoms with Crippen LogP contribution in [-0.4, -0.2) is 30.6 Å². The fourth-order valence-electron chi connectivity index (χ4n) is 4.91. The van der Waals surface area contributed by atoms with Crippen LogP contribution in [0.25, 0.3) is 0 Å². The molecule has 0 saturated heterocycles. The van der Waals surface area contributed by atoms with Gasteiger partial charge in [-0.15, -0.1) is 0 Å². The molecule has 2 aliphatic rings. The molecule has 0 aliphatic heterocycles. The number of carbonyl (C=O) groups is 1. The normalized spacial score (nSPS) is 42.3. The van der Waals surface area contributed by atoms with Crippen LogP contribution in [0.1, 0.15) is 52.4 Å². The van der Waals surface area contributed by atoms with Gasteiger partial charge in [0.05, 0.1) is 12.7 Å². The fourth-order valence-corrected chi connectivity index (χ4v) is 4.91. The van der Waals surface area contributed by atoms with Crippen LogP contribution in [0.5, 0.6) is 0 Å². The number of aldehydes is 1. The summed E-state index contributed by atoms with van der Waals surface area (Å²) in [6, 6.07) is 0. The molecular weight excluding hydrogens is 240 g/mol. The molecule has 0 aromatic carbocycles. The SMILES string of the molecule is [3H]O[C@H]1CCC[C@@]2(C)C1CC[C@@H]2[C@H](C)C[C@@H](C=O)CO. The summed E-state index contributed by atoms with van der Waals surface area (Å²) in [6.45, 7) is 4.53. The fraction of sp³-hybridized carbons (Fsp3) is 0.938. The average molecular weight is 270 g/mol. The molecule has 2 rings (SSSR count). The lowest BCUT2D eigenvalue weighted by Gasteiger charge is -2.45. The van der Waals surface area contributed by atoms with Crippen LogP contribution in [0.4, 0.5) is 0 Å². The zero-order chi connectivity index (χ0) is 14.8. The summed E-state index contributed by atoms with van der Waals surface area (Å²) in [6.07, 6.45) is 7.42. The number of aliphatic hydroxyl groups excluding tert-OH is 2. The summed E-state index contributed by atoms with van der Waals surface area (Å²) >= 11 is 0. The predicted octanol–water partition coefficient (Wildman–Crippen LogP) is 2.40. The maximum Gasteiger partial charge on any atom is 0.210 e. The van der Waals surface area contributed by atoms with Gasteiger partial charge in [0.15, 0.2) is 0 Å². The van der Waals surface area contributed by atoms with E-state index in [0.717, 1.165) is 32.0 Å². The topological polar surface area (TPSA) is 57.5 Å². The lowest BCUT2D eigenvalue weighted by molar-refractivity contribution is -0.113. The third-order valence-corrected chi connectivity index (χ3v) is 5.92. The molecule has 0 amide bonds. The summed E-state index contributed by atoms with van der Waals surface area (Å²) in [5.74, 6) is 1.29. The molecule has 0 aromatic rings. The van der Waals surface area contributed by atoms with Gasteiger partial charge in [0, 0.05) is 5.92 Å². The van der Waals surface area contributed by atoms with Gasteiger partial charge in [-0.2, -0.15) is 0 Å². The van der Waals surface area contributed by atoms with Crippen molar-refractivity contribution in [1.29, 1.82) is 1.43 Å². The summed E-state index contributed by atoms with van der Waals surface area (Å²) in [5.41, 5.74) is 0.242. The molecule has 2 N–H and O–H groups in total. The number of rotatable bonds is 6. The molecule has 3 heteroatoms. The van der Waals surface area contributed by atoms with Gasteiger partial charge < -0.3 is 15.0 Å². The highest BCUT2D eigenvalue weighted by Crippen LogP contribution is 2.58. The van der Waals surface area contributed by atoms with E-state index in [4.69, 9.17) is 6.54 Å². The molecule has 0 spiro atoms. The number of hydrogen-bond acceptors (Lipinski definition) is 3. The molecule has 0 bridgehead atoms. The second-order valence-electron chi connectivity index (χ2n) is 7.02. The monoisotopic (exact) mass is 270 g/mol. The van der Waals surface area contributed by atoms with E-state index in [9.17, 15) is 9.90 Å². The largest absolute Gasteiger partial charge is 0.396 e. The predicted molar refractivity (Wildman–Crippen MR) is 74.6 cm³/mol. The van der Waals surface area contributed by atoms with E-state index in [-0.39, 0.29) is 24.0 Å². The van der Waals surface area contributed by atoms with Crippen molar-refractivity contribution >= 4 is 6.29 Å². The number of fused-ring (bicyclic) bond motifs is 1. The molecule has 3 nitrogen and oxygen atoms in total. The Kier molecular flexibility index (Phi) is 4.23. The zero-order valence-corrected chi connectivity index (χ0v) is 12.2. The van der Waals surface area contributed by atoms with E-state index in [0.29, 0.717) is 17.8 Å². The van der Waals surface area contributed by atoms with Crippen LogP contribution in [0, 0.1) is 29.1 Å². The Morgan fingerprint density at radius 1 is 1.47 bits per heavy atom. The Morgan fingerprint density at radius 2 is 2.26 bits per heavy atom. The minimum atomic E-state index is -0.223. The summed E-state index contributed by atoms with van der Waals surface area (Å²) in [4.78, 5) is 10.9. The Labute approximate surface area is 117 Å². The Balaban J connectivity index is 2.07. The van der Waals surface area contributed by atoms with Gasteiger partial charge in [0.25, 0.3) is 0 Å². The van der Waals surface area contributed by atoms with Gasteiger partial charge >= 0.3 is 0 Å². The first-order valence-corrected chi connectivity index (χ1v) is 7.75. The van der Waals surface area contributed by atoms with Gasteiger partial charge in [0.2, 0.25) is 1.43 Å². The van der Waals surface area contributed by atoms with Gasteiger partial charge in [-0.25, -0.2) is 0 Å². The second kappa shape index (κ2) is 5.92. The minimum absolute atomic E-state index is 0.0425. The minimum Gasteiger partial charge on any atom is -0.396 e. The highest BCUT2D eigenvalue weighted by Gasteiger charge is 2.52. The van der Waals surface area contributed by atoms with Crippen LogP contribution in [-0.2, 0) is 4.79 Å². The molecule has 0 aromatic heterocycles. The van der Waals surface area contributed by atoms with Gasteiger partial charge in [0.1, 0.15) is 6.29 Å². The van der Waals surface area contributed by atoms with Crippen molar-refractivity contribution in [1.82, 2.24) is 0 Å². The van der Waals surface area contributed by atoms with Crippen LogP contribution >= 0.6 is 0 Å². The van der Waals surface area contributed by atoms with E-state index in [1.165, 1.54) is 12.8 Å². The lowest BCUT2D eigenvalue weighted by atomic mass is 9.61. The second-order valence-corrected chi connectivity index (χ2v) is 7.02. The Bertz CT molecular complexity index is 336. The zero-order valence-electron chi connectivity index (χ0n) is 13.2. The molecule has 6 atom stereocenters. The summed E-state index contributed by atoms with van der Waals surface area (Å²) < 4.78 is 7.30. The molecule has 0 radical (unpaired) electrons. The van der Waals surface area contributed by atoms with Crippen molar-refractivity contribution in [2.45, 2.75) is 58.5 Å². The molecule has 2 saturated carbocycles. The molecular formula is C16H28O3. The molecule has 2 aliphatic carbocycles. The number of hydrogen-bond donors (Lipinski definition) is 2. The first-order valence-electron chi connectivity index (χ1n) is 8.15. The van der Waals surface area contributed by atoms with Crippen LogP contribution in [0.2, 0.25) is 0 Å². The van der Waals surface area contributed by atoms with E-state index < -0.39 is 0 Å². The van der Waals surface area contributed by atoms with Crippen LogP contribution < -0.4 is 0 Å². The summed E-state index contributed by atoms with van der Waals surface area (Å²) in [5, 5.41) is 14.2. The average Bonchev–Trinajstić information content (AvgIpc) is 2.81. The maximum atomic E-state index is 10.9. The first-order chi connectivity index (χ1) is 9.56. The molecule has 110 valence electrons. The van der Waals surface area contributed by atoms with Crippen molar-refractivity contribution in [3.8, 4) is 0 Å². The van der Waals surface area contributed by atoms with E-state index in [2.05, 4.69) is 13.8 Å². The van der Waals surface area contributed by atoms with E-state index in [1.54, 1.807) is 0 Å². The standard InChI is InChI=1S/C16H28O3/c1-11(8-12(9-17)10-18)13-5-6-14-15(19)4-3-7-16(13,14)2/h9,11-15,18-19H,3-8,10H2,1-2H3/t11-,12+,13-,14?,15+,16-/m1/s1/i19T. The van der Waals surface area contributed by atoms with Crippen molar-refractivity contribution in [3.05, 3.63) is 0 Å². The highest BCUT2D eigenvalue weighted by atomic mass is 16.3. The third-order valence-electron chi connectivity index (χ3n) is 5.92. The van der Waals surface area contributed by atoms with Crippen LogP contribution in [0.15, 0.2) is 0 Å². The van der Waals surface area contributed by atoms with Crippen molar-refractivity contribution < 1.29 is 15.0 Å². The quantitative estimate of drug-likeness (QED) is 0.729. The Hall–Kier alpha value is -0.410. The maximum absolute atomic E-state index is 10.9. The smallest absolute Gasteiger partial charge is 0.210 e. The van der Waals surface area contributed by atoms with Crippen LogP contribution in [0.3, 0.4) is 0 Å². The van der Waals surface area contributed by atoms with E-state index in [1.807, 2.05) is 0 Å². The van der Waals surface area contributed by atoms with E-state index >= 15 is 0 Å². The summed E-state index contributed by atoms with van der Waals surface area (Å²) in [7, 11) is 0. The third kappa shape index (κ3) is 2.73.